The summed E-state index contributed by atoms with van der Waals surface area (Å²) in [5.74, 6) is -0.468. The Morgan fingerprint density at radius 3 is 1.55 bits per heavy atom. The van der Waals surface area contributed by atoms with Crippen LogP contribution in [0.4, 0.5) is 0 Å². The monoisotopic (exact) mass is 268 g/mol. The molecule has 0 spiro atoms. The van der Waals surface area contributed by atoms with Crippen LogP contribution in [0.25, 0.3) is 11.1 Å². The van der Waals surface area contributed by atoms with Gasteiger partial charge in [0.15, 0.2) is 0 Å². The highest BCUT2D eigenvalue weighted by Gasteiger charge is 2.08. The molecule has 0 radical (unpaired) electrons. The molecule has 2 aromatic rings. The molecular formula is C16H16N2O2. The van der Waals surface area contributed by atoms with E-state index in [2.05, 4.69) is 0 Å². The summed E-state index contributed by atoms with van der Waals surface area (Å²) in [7, 11) is 3.44. The van der Waals surface area contributed by atoms with Crippen molar-refractivity contribution in [1.29, 1.82) is 0 Å². The summed E-state index contributed by atoms with van der Waals surface area (Å²) in [4.78, 5) is 24.3. The molecule has 4 nitrogen and oxygen atoms in total. The minimum absolute atomic E-state index is 0.0272. The maximum Gasteiger partial charge on any atom is 0.253 e. The number of hydrogen-bond acceptors (Lipinski definition) is 2. The van der Waals surface area contributed by atoms with Crippen molar-refractivity contribution in [3.8, 4) is 11.1 Å². The SMILES string of the molecule is CN(C)C(=O)c1ccc(-c2ccc(C(N)=O)cc2)cc1. The van der Waals surface area contributed by atoms with Crippen LogP contribution >= 0.6 is 0 Å². The molecule has 0 atom stereocenters. The number of rotatable bonds is 3. The molecule has 20 heavy (non-hydrogen) atoms. The van der Waals surface area contributed by atoms with E-state index in [1.807, 2.05) is 24.3 Å². The van der Waals surface area contributed by atoms with Gasteiger partial charge < -0.3 is 10.6 Å². The lowest BCUT2D eigenvalue weighted by molar-refractivity contribution is 0.0827. The molecule has 0 saturated heterocycles. The van der Waals surface area contributed by atoms with Gasteiger partial charge in [0, 0.05) is 25.2 Å². The Hall–Kier alpha value is -2.62. The fraction of sp³-hybridized carbons (Fsp3) is 0.125. The van der Waals surface area contributed by atoms with Crippen molar-refractivity contribution in [2.24, 2.45) is 5.73 Å². The molecule has 0 aromatic heterocycles. The number of amides is 2. The van der Waals surface area contributed by atoms with Gasteiger partial charge in [-0.2, -0.15) is 0 Å². The van der Waals surface area contributed by atoms with E-state index in [4.69, 9.17) is 5.73 Å². The highest BCUT2D eigenvalue weighted by Crippen LogP contribution is 2.20. The van der Waals surface area contributed by atoms with Crippen molar-refractivity contribution >= 4 is 11.8 Å². The van der Waals surface area contributed by atoms with Crippen molar-refractivity contribution in [3.05, 3.63) is 59.7 Å². The Kier molecular flexibility index (Phi) is 3.84. The van der Waals surface area contributed by atoms with Gasteiger partial charge in [-0.1, -0.05) is 24.3 Å². The topological polar surface area (TPSA) is 63.4 Å². The number of nitrogens with zero attached hydrogens (tertiary/aromatic N) is 1. The number of nitrogens with two attached hydrogens (primary N) is 1. The van der Waals surface area contributed by atoms with E-state index in [0.29, 0.717) is 11.1 Å². The van der Waals surface area contributed by atoms with Gasteiger partial charge in [0.25, 0.3) is 5.91 Å². The number of benzene rings is 2. The molecule has 0 unspecified atom stereocenters. The molecule has 2 N–H and O–H groups in total. The summed E-state index contributed by atoms with van der Waals surface area (Å²) in [6.45, 7) is 0. The first kappa shape index (κ1) is 13.8. The van der Waals surface area contributed by atoms with Gasteiger partial charge in [0.2, 0.25) is 5.91 Å². The molecule has 0 aliphatic rings. The van der Waals surface area contributed by atoms with Gasteiger partial charge in [-0.05, 0) is 35.4 Å². The molecule has 0 saturated carbocycles. The largest absolute Gasteiger partial charge is 0.366 e. The van der Waals surface area contributed by atoms with Crippen LogP contribution in [0, 0.1) is 0 Å². The van der Waals surface area contributed by atoms with Gasteiger partial charge in [0.1, 0.15) is 0 Å². The number of hydrogen-bond donors (Lipinski definition) is 1. The Labute approximate surface area is 117 Å². The second kappa shape index (κ2) is 5.57. The van der Waals surface area contributed by atoms with Crippen LogP contribution in [0.2, 0.25) is 0 Å². The van der Waals surface area contributed by atoms with Crippen molar-refractivity contribution in [2.45, 2.75) is 0 Å². The zero-order chi connectivity index (χ0) is 14.7. The maximum atomic E-state index is 11.8. The molecule has 0 aliphatic carbocycles. The minimum atomic E-state index is -0.441. The molecule has 0 bridgehead atoms. The molecular weight excluding hydrogens is 252 g/mol. The van der Waals surface area contributed by atoms with E-state index in [1.165, 1.54) is 4.90 Å². The van der Waals surface area contributed by atoms with Gasteiger partial charge in [-0.15, -0.1) is 0 Å². The van der Waals surface area contributed by atoms with Crippen LogP contribution in [0.3, 0.4) is 0 Å². The normalized spacial score (nSPS) is 10.1. The molecule has 2 aromatic carbocycles. The summed E-state index contributed by atoms with van der Waals surface area (Å²) in [6.07, 6.45) is 0. The lowest BCUT2D eigenvalue weighted by atomic mass is 10.0. The molecule has 102 valence electrons. The van der Waals surface area contributed by atoms with E-state index >= 15 is 0 Å². The van der Waals surface area contributed by atoms with Crippen LogP contribution in [0.1, 0.15) is 20.7 Å². The van der Waals surface area contributed by atoms with Crippen molar-refractivity contribution in [1.82, 2.24) is 4.90 Å². The third kappa shape index (κ3) is 2.85. The predicted octanol–water partition coefficient (Wildman–Crippen LogP) is 2.15. The van der Waals surface area contributed by atoms with Crippen LogP contribution < -0.4 is 5.73 Å². The van der Waals surface area contributed by atoms with Crippen LogP contribution in [-0.4, -0.2) is 30.8 Å². The molecule has 4 heteroatoms. The van der Waals surface area contributed by atoms with Crippen LogP contribution in [0.5, 0.6) is 0 Å². The second-order valence-corrected chi connectivity index (χ2v) is 4.72. The average molecular weight is 268 g/mol. The fourth-order valence-electron chi connectivity index (χ4n) is 1.89. The van der Waals surface area contributed by atoms with E-state index in [-0.39, 0.29) is 5.91 Å². The van der Waals surface area contributed by atoms with Gasteiger partial charge >= 0.3 is 0 Å². The van der Waals surface area contributed by atoms with Crippen LogP contribution in [-0.2, 0) is 0 Å². The third-order valence-corrected chi connectivity index (χ3v) is 3.04. The van der Waals surface area contributed by atoms with E-state index in [1.54, 1.807) is 38.4 Å². The van der Waals surface area contributed by atoms with E-state index in [9.17, 15) is 9.59 Å². The Bertz CT molecular complexity index is 629. The summed E-state index contributed by atoms with van der Waals surface area (Å²) in [6, 6.07) is 14.4. The lowest BCUT2D eigenvalue weighted by Gasteiger charge is -2.10. The van der Waals surface area contributed by atoms with Crippen molar-refractivity contribution in [2.75, 3.05) is 14.1 Å². The Balaban J connectivity index is 2.26. The minimum Gasteiger partial charge on any atom is -0.366 e. The smallest absolute Gasteiger partial charge is 0.253 e. The zero-order valence-corrected chi connectivity index (χ0v) is 11.5. The van der Waals surface area contributed by atoms with E-state index < -0.39 is 5.91 Å². The summed E-state index contributed by atoms with van der Waals surface area (Å²) in [5, 5.41) is 0. The molecule has 2 amide bonds. The summed E-state index contributed by atoms with van der Waals surface area (Å²) < 4.78 is 0. The summed E-state index contributed by atoms with van der Waals surface area (Å²) in [5.41, 5.74) is 8.28. The molecule has 0 aliphatic heterocycles. The predicted molar refractivity (Wildman–Crippen MR) is 78.4 cm³/mol. The standard InChI is InChI=1S/C16H16N2O2/c1-18(2)16(20)14-9-5-12(6-10-14)11-3-7-13(8-4-11)15(17)19/h3-10H,1-2H3,(H2,17,19). The quantitative estimate of drug-likeness (QED) is 0.927. The third-order valence-electron chi connectivity index (χ3n) is 3.04. The highest BCUT2D eigenvalue weighted by molar-refractivity contribution is 5.95. The number of carbonyl (C=O) groups is 2. The maximum absolute atomic E-state index is 11.8. The first-order valence-corrected chi connectivity index (χ1v) is 6.21. The Morgan fingerprint density at radius 1 is 0.800 bits per heavy atom. The number of primary amides is 1. The van der Waals surface area contributed by atoms with Crippen molar-refractivity contribution < 1.29 is 9.59 Å². The zero-order valence-electron chi connectivity index (χ0n) is 11.5. The van der Waals surface area contributed by atoms with E-state index in [0.717, 1.165) is 11.1 Å². The Morgan fingerprint density at radius 2 is 1.20 bits per heavy atom. The highest BCUT2D eigenvalue weighted by atomic mass is 16.2. The van der Waals surface area contributed by atoms with Gasteiger partial charge in [-0.3, -0.25) is 9.59 Å². The van der Waals surface area contributed by atoms with Crippen molar-refractivity contribution in [3.63, 3.8) is 0 Å². The van der Waals surface area contributed by atoms with Gasteiger partial charge in [0.05, 0.1) is 0 Å². The molecule has 0 heterocycles. The molecule has 2 rings (SSSR count). The fourth-order valence-corrected chi connectivity index (χ4v) is 1.89. The molecule has 0 fully saturated rings. The summed E-state index contributed by atoms with van der Waals surface area (Å²) >= 11 is 0. The van der Waals surface area contributed by atoms with Crippen LogP contribution in [0.15, 0.2) is 48.5 Å². The lowest BCUT2D eigenvalue weighted by Crippen LogP contribution is -2.21. The first-order chi connectivity index (χ1) is 9.49. The second-order valence-electron chi connectivity index (χ2n) is 4.72. The first-order valence-electron chi connectivity index (χ1n) is 6.21. The number of carbonyl (C=O) groups excluding carboxylic acids is 2. The van der Waals surface area contributed by atoms with Gasteiger partial charge in [-0.25, -0.2) is 0 Å². The average Bonchev–Trinajstić information content (AvgIpc) is 2.46.